The second-order valence-corrected chi connectivity index (χ2v) is 4.16. The van der Waals surface area contributed by atoms with E-state index in [0.29, 0.717) is 12.4 Å². The van der Waals surface area contributed by atoms with E-state index < -0.39 is 4.92 Å². The van der Waals surface area contributed by atoms with Crippen LogP contribution in [0.2, 0.25) is 0 Å². The van der Waals surface area contributed by atoms with Crippen molar-refractivity contribution in [2.45, 2.75) is 6.54 Å². The van der Waals surface area contributed by atoms with Crippen LogP contribution in [0.5, 0.6) is 0 Å². The first kappa shape index (κ1) is 13.7. The third-order valence-electron chi connectivity index (χ3n) is 2.70. The second-order valence-electron chi connectivity index (χ2n) is 4.16. The van der Waals surface area contributed by atoms with Crippen LogP contribution < -0.4 is 16.2 Å². The van der Waals surface area contributed by atoms with E-state index in [4.69, 9.17) is 5.84 Å². The Bertz CT molecular complexity index is 604. The van der Waals surface area contributed by atoms with Crippen LogP contribution in [0.15, 0.2) is 36.7 Å². The molecule has 2 aromatic heterocycles. The number of nitrogens with one attached hydrogen (secondary N) is 1. The highest BCUT2D eigenvalue weighted by atomic mass is 16.6. The van der Waals surface area contributed by atoms with Gasteiger partial charge in [0.25, 0.3) is 0 Å². The highest BCUT2D eigenvalue weighted by Gasteiger charge is 2.19. The van der Waals surface area contributed by atoms with Gasteiger partial charge in [0.05, 0.1) is 4.92 Å². The van der Waals surface area contributed by atoms with E-state index in [9.17, 15) is 10.1 Å². The number of aromatic nitrogens is 2. The monoisotopic (exact) mass is 274 g/mol. The summed E-state index contributed by atoms with van der Waals surface area (Å²) in [4.78, 5) is 20.4. The summed E-state index contributed by atoms with van der Waals surface area (Å²) < 4.78 is 0. The van der Waals surface area contributed by atoms with Crippen LogP contribution in [-0.2, 0) is 6.54 Å². The van der Waals surface area contributed by atoms with E-state index in [1.54, 1.807) is 24.3 Å². The summed E-state index contributed by atoms with van der Waals surface area (Å²) in [5, 5.41) is 11.1. The molecule has 2 aromatic rings. The molecule has 0 aliphatic carbocycles. The lowest BCUT2D eigenvalue weighted by Crippen LogP contribution is -2.20. The average Bonchev–Trinajstić information content (AvgIpc) is 2.47. The number of nitrogens with zero attached hydrogens (tertiary/aromatic N) is 4. The minimum Gasteiger partial charge on any atom is -0.350 e. The molecule has 0 bridgehead atoms. The molecule has 2 heterocycles. The van der Waals surface area contributed by atoms with Crippen LogP contribution in [0.1, 0.15) is 5.56 Å². The lowest BCUT2D eigenvalue weighted by Gasteiger charge is -2.18. The number of nitro groups is 1. The molecular formula is C12H14N6O2. The molecule has 0 unspecified atom stereocenters. The summed E-state index contributed by atoms with van der Waals surface area (Å²) in [6, 6.07) is 6.53. The molecule has 0 saturated heterocycles. The number of nitrogen functional groups attached to an aromatic ring is 1. The van der Waals surface area contributed by atoms with Crippen molar-refractivity contribution < 1.29 is 4.92 Å². The summed E-state index contributed by atoms with van der Waals surface area (Å²) in [6.45, 7) is 0.454. The van der Waals surface area contributed by atoms with Gasteiger partial charge in [0, 0.05) is 32.1 Å². The molecule has 0 aliphatic rings. The standard InChI is InChI=1S/C12H14N6O2/c1-17(8-9-3-2-6-14-7-9)12-10(18(19)20)4-5-11(15-12)16-13/h2-7H,8,13H2,1H3,(H,15,16). The number of nitrogens with two attached hydrogens (primary N) is 1. The SMILES string of the molecule is CN(Cc1cccnc1)c1nc(NN)ccc1[N+](=O)[O-]. The summed E-state index contributed by atoms with van der Waals surface area (Å²) in [6.07, 6.45) is 3.37. The van der Waals surface area contributed by atoms with Crippen molar-refractivity contribution in [2.75, 3.05) is 17.4 Å². The van der Waals surface area contributed by atoms with Crippen molar-refractivity contribution in [3.63, 3.8) is 0 Å². The molecule has 0 aliphatic heterocycles. The first-order chi connectivity index (χ1) is 9.61. The average molecular weight is 274 g/mol. The van der Waals surface area contributed by atoms with Gasteiger partial charge >= 0.3 is 5.69 Å². The molecular weight excluding hydrogens is 260 g/mol. The van der Waals surface area contributed by atoms with Gasteiger partial charge in [0.2, 0.25) is 5.82 Å². The molecule has 2 rings (SSSR count). The Hall–Kier alpha value is -2.74. The van der Waals surface area contributed by atoms with Gasteiger partial charge in [-0.3, -0.25) is 15.1 Å². The molecule has 8 nitrogen and oxygen atoms in total. The number of pyridine rings is 2. The molecule has 0 fully saturated rings. The summed E-state index contributed by atoms with van der Waals surface area (Å²) in [5.74, 6) is 5.90. The Labute approximate surface area is 115 Å². The van der Waals surface area contributed by atoms with Crippen LogP contribution in [0.3, 0.4) is 0 Å². The van der Waals surface area contributed by atoms with Gasteiger partial charge in [-0.05, 0) is 17.7 Å². The van der Waals surface area contributed by atoms with Crippen molar-refractivity contribution in [3.05, 3.63) is 52.3 Å². The van der Waals surface area contributed by atoms with Gasteiger partial charge in [0.1, 0.15) is 5.82 Å². The van der Waals surface area contributed by atoms with Crippen molar-refractivity contribution in [3.8, 4) is 0 Å². The van der Waals surface area contributed by atoms with E-state index in [1.807, 2.05) is 12.1 Å². The first-order valence-corrected chi connectivity index (χ1v) is 5.84. The lowest BCUT2D eigenvalue weighted by molar-refractivity contribution is -0.384. The Morgan fingerprint density at radius 2 is 2.25 bits per heavy atom. The van der Waals surface area contributed by atoms with Crippen molar-refractivity contribution in [2.24, 2.45) is 5.84 Å². The van der Waals surface area contributed by atoms with Crippen molar-refractivity contribution in [1.82, 2.24) is 9.97 Å². The molecule has 0 amide bonds. The normalized spacial score (nSPS) is 10.1. The number of hydrazine groups is 1. The third kappa shape index (κ3) is 2.98. The summed E-state index contributed by atoms with van der Waals surface area (Å²) in [5.41, 5.74) is 3.23. The molecule has 0 aromatic carbocycles. The quantitative estimate of drug-likeness (QED) is 0.480. The van der Waals surface area contributed by atoms with Gasteiger partial charge in [0.15, 0.2) is 0 Å². The predicted molar refractivity (Wildman–Crippen MR) is 75.0 cm³/mol. The third-order valence-corrected chi connectivity index (χ3v) is 2.70. The highest BCUT2D eigenvalue weighted by Crippen LogP contribution is 2.27. The Balaban J connectivity index is 2.32. The van der Waals surface area contributed by atoms with E-state index >= 15 is 0 Å². The van der Waals surface area contributed by atoms with Gasteiger partial charge in [-0.25, -0.2) is 10.8 Å². The minimum atomic E-state index is -0.470. The molecule has 20 heavy (non-hydrogen) atoms. The van der Waals surface area contributed by atoms with Crippen molar-refractivity contribution in [1.29, 1.82) is 0 Å². The van der Waals surface area contributed by atoms with Crippen LogP contribution in [0, 0.1) is 10.1 Å². The first-order valence-electron chi connectivity index (χ1n) is 5.84. The summed E-state index contributed by atoms with van der Waals surface area (Å²) in [7, 11) is 1.72. The van der Waals surface area contributed by atoms with E-state index in [0.717, 1.165) is 5.56 Å². The van der Waals surface area contributed by atoms with Gasteiger partial charge in [-0.2, -0.15) is 0 Å². The Morgan fingerprint density at radius 1 is 1.45 bits per heavy atom. The Morgan fingerprint density at radius 3 is 2.85 bits per heavy atom. The fourth-order valence-electron chi connectivity index (χ4n) is 1.79. The number of anilines is 2. The maximum atomic E-state index is 11.1. The van der Waals surface area contributed by atoms with E-state index in [-0.39, 0.29) is 11.5 Å². The fourth-order valence-corrected chi connectivity index (χ4v) is 1.79. The zero-order valence-corrected chi connectivity index (χ0v) is 10.9. The molecule has 104 valence electrons. The van der Waals surface area contributed by atoms with Crippen LogP contribution in [0.4, 0.5) is 17.3 Å². The van der Waals surface area contributed by atoms with E-state index in [1.165, 1.54) is 12.1 Å². The second kappa shape index (κ2) is 5.93. The van der Waals surface area contributed by atoms with Gasteiger partial charge < -0.3 is 10.3 Å². The predicted octanol–water partition coefficient (Wildman–Crippen LogP) is 1.31. The van der Waals surface area contributed by atoms with Crippen LogP contribution >= 0.6 is 0 Å². The van der Waals surface area contributed by atoms with Gasteiger partial charge in [-0.15, -0.1) is 0 Å². The fraction of sp³-hybridized carbons (Fsp3) is 0.167. The number of hydrogen-bond acceptors (Lipinski definition) is 7. The zero-order chi connectivity index (χ0) is 14.5. The van der Waals surface area contributed by atoms with Gasteiger partial charge in [-0.1, -0.05) is 6.07 Å². The van der Waals surface area contributed by atoms with Crippen LogP contribution in [-0.4, -0.2) is 21.9 Å². The molecule has 3 N–H and O–H groups in total. The largest absolute Gasteiger partial charge is 0.350 e. The maximum absolute atomic E-state index is 11.1. The van der Waals surface area contributed by atoms with Crippen molar-refractivity contribution >= 4 is 17.3 Å². The minimum absolute atomic E-state index is 0.0737. The van der Waals surface area contributed by atoms with E-state index in [2.05, 4.69) is 15.4 Å². The Kier molecular flexibility index (Phi) is 4.06. The molecule has 0 atom stereocenters. The highest BCUT2D eigenvalue weighted by molar-refractivity contribution is 5.61. The zero-order valence-electron chi connectivity index (χ0n) is 10.9. The molecule has 8 heteroatoms. The topological polar surface area (TPSA) is 110 Å². The molecule has 0 radical (unpaired) electrons. The smallest absolute Gasteiger partial charge is 0.311 e. The lowest BCUT2D eigenvalue weighted by atomic mass is 10.2. The van der Waals surface area contributed by atoms with Crippen LogP contribution in [0.25, 0.3) is 0 Å². The molecule has 0 spiro atoms. The maximum Gasteiger partial charge on any atom is 0.311 e. The number of hydrogen-bond donors (Lipinski definition) is 2. The molecule has 0 saturated carbocycles. The summed E-state index contributed by atoms with van der Waals surface area (Å²) >= 11 is 0. The number of rotatable bonds is 5.